The van der Waals surface area contributed by atoms with Crippen LogP contribution in [0.4, 0.5) is 0 Å². The first kappa shape index (κ1) is 16.9. The maximum atomic E-state index is 11.3. The van der Waals surface area contributed by atoms with Crippen molar-refractivity contribution in [3.63, 3.8) is 0 Å². The van der Waals surface area contributed by atoms with Gasteiger partial charge in [0.2, 0.25) is 0 Å². The van der Waals surface area contributed by atoms with Gasteiger partial charge in [-0.15, -0.1) is 0 Å². The van der Waals surface area contributed by atoms with E-state index in [1.165, 1.54) is 0 Å². The number of unbranched alkanes of at least 4 members (excludes halogenated alkanes) is 1. The van der Waals surface area contributed by atoms with Crippen molar-refractivity contribution in [2.75, 3.05) is 0 Å². The first-order chi connectivity index (χ1) is 9.45. The Morgan fingerprint density at radius 1 is 1.25 bits per heavy atom. The second-order valence-corrected chi connectivity index (χ2v) is 5.99. The van der Waals surface area contributed by atoms with E-state index in [-0.39, 0.29) is 5.75 Å². The van der Waals surface area contributed by atoms with Crippen LogP contribution in [0, 0.1) is 6.92 Å². The minimum atomic E-state index is -2.53. The lowest BCUT2D eigenvalue weighted by molar-refractivity contribution is 0.108. The Balaban J connectivity index is 3.13. The highest BCUT2D eigenvalue weighted by Gasteiger charge is 2.11. The summed E-state index contributed by atoms with van der Waals surface area (Å²) in [5, 5.41) is -0.557. The Morgan fingerprint density at radius 3 is 2.50 bits per heavy atom. The van der Waals surface area contributed by atoms with Crippen molar-refractivity contribution in [1.82, 2.24) is 0 Å². The minimum Gasteiger partial charge on any atom is -0.276 e. The van der Waals surface area contributed by atoms with Crippen LogP contribution in [0.15, 0.2) is 24.3 Å². The fourth-order valence-corrected chi connectivity index (χ4v) is 2.77. The molecule has 0 aromatic heterocycles. The fourth-order valence-electron chi connectivity index (χ4n) is 2.00. The van der Waals surface area contributed by atoms with Gasteiger partial charge in [-0.1, -0.05) is 31.6 Å². The smallest absolute Gasteiger partial charge is 0.252 e. The van der Waals surface area contributed by atoms with Gasteiger partial charge in [0, 0.05) is 5.56 Å². The Labute approximate surface area is 126 Å². The number of allylic oxidation sites excluding steroid dienone is 2. The van der Waals surface area contributed by atoms with Crippen molar-refractivity contribution in [2.45, 2.75) is 38.9 Å². The van der Waals surface area contributed by atoms with Gasteiger partial charge in [0.05, 0.1) is 5.75 Å². The summed E-state index contributed by atoms with van der Waals surface area (Å²) in [6, 6.07) is 3.44. The van der Waals surface area contributed by atoms with E-state index in [1.807, 2.05) is 12.1 Å². The molecule has 0 aliphatic rings. The van der Waals surface area contributed by atoms with Gasteiger partial charge in [-0.25, -0.2) is 8.42 Å². The van der Waals surface area contributed by atoms with E-state index in [4.69, 9.17) is 11.6 Å². The van der Waals surface area contributed by atoms with Gasteiger partial charge in [0.25, 0.3) is 5.24 Å². The number of aryl methyl sites for hydroxylation is 1. The van der Waals surface area contributed by atoms with Crippen LogP contribution in [0.25, 0.3) is 0 Å². The van der Waals surface area contributed by atoms with Crippen molar-refractivity contribution in [3.05, 3.63) is 46.5 Å². The summed E-state index contributed by atoms with van der Waals surface area (Å²) in [6.07, 6.45) is 6.85. The standard InChI is InChI=1S/C15H19ClO3S/c1-3-4-5-6-7-12-8-11(2)14(15(16)17)9-13(12)10-20(18)19/h5-6,8-9,20H,3-4,7,10H2,1-2H3. The second kappa shape index (κ2) is 8.22. The largest absolute Gasteiger partial charge is 0.276 e. The summed E-state index contributed by atoms with van der Waals surface area (Å²) < 4.78 is 21.9. The minimum absolute atomic E-state index is 0.0657. The van der Waals surface area contributed by atoms with Crippen LogP contribution in [-0.4, -0.2) is 13.7 Å². The van der Waals surface area contributed by atoms with Crippen LogP contribution in [0.5, 0.6) is 0 Å². The van der Waals surface area contributed by atoms with Gasteiger partial charge < -0.3 is 0 Å². The van der Waals surface area contributed by atoms with Gasteiger partial charge in [-0.2, -0.15) is 0 Å². The molecule has 0 atom stereocenters. The summed E-state index contributed by atoms with van der Waals surface area (Å²) in [7, 11) is -2.53. The molecule has 5 heteroatoms. The van der Waals surface area contributed by atoms with Gasteiger partial charge >= 0.3 is 0 Å². The Bertz CT molecular complexity index is 581. The highest BCUT2D eigenvalue weighted by atomic mass is 35.5. The maximum absolute atomic E-state index is 11.3. The quantitative estimate of drug-likeness (QED) is 0.477. The summed E-state index contributed by atoms with van der Waals surface area (Å²) in [4.78, 5) is 11.3. The van der Waals surface area contributed by atoms with E-state index in [9.17, 15) is 13.2 Å². The Kier molecular flexibility index (Phi) is 6.96. The van der Waals surface area contributed by atoms with Crippen molar-refractivity contribution >= 4 is 27.5 Å². The average molecular weight is 315 g/mol. The number of rotatable bonds is 7. The SMILES string of the molecule is CCCC=CCc1cc(C)c(C(=O)Cl)cc1C[SH](=O)=O. The zero-order chi connectivity index (χ0) is 15.1. The van der Waals surface area contributed by atoms with Crippen LogP contribution < -0.4 is 0 Å². The molecule has 1 aromatic rings. The zero-order valence-corrected chi connectivity index (χ0v) is 13.3. The lowest BCUT2D eigenvalue weighted by Crippen LogP contribution is -2.02. The molecule has 0 aliphatic carbocycles. The maximum Gasteiger partial charge on any atom is 0.252 e. The molecule has 1 rings (SSSR count). The lowest BCUT2D eigenvalue weighted by atomic mass is 9.98. The molecule has 0 heterocycles. The van der Waals surface area contributed by atoms with E-state index in [0.29, 0.717) is 17.5 Å². The molecule has 110 valence electrons. The van der Waals surface area contributed by atoms with Crippen molar-refractivity contribution in [2.24, 2.45) is 0 Å². The highest BCUT2D eigenvalue weighted by molar-refractivity contribution is 7.71. The number of carbonyl (C=O) groups is 1. The third kappa shape index (κ3) is 5.10. The van der Waals surface area contributed by atoms with E-state index < -0.39 is 15.9 Å². The molecule has 0 saturated heterocycles. The zero-order valence-electron chi connectivity index (χ0n) is 11.7. The molecule has 0 spiro atoms. The molecular formula is C15H19ClO3S. The number of halogens is 1. The monoisotopic (exact) mass is 314 g/mol. The highest BCUT2D eigenvalue weighted by Crippen LogP contribution is 2.20. The first-order valence-electron chi connectivity index (χ1n) is 6.54. The van der Waals surface area contributed by atoms with Gasteiger partial charge in [-0.3, -0.25) is 4.79 Å². The summed E-state index contributed by atoms with van der Waals surface area (Å²) in [5.41, 5.74) is 2.72. The van der Waals surface area contributed by atoms with Crippen molar-refractivity contribution in [3.8, 4) is 0 Å². The van der Waals surface area contributed by atoms with Crippen LogP contribution in [-0.2, 0) is 22.9 Å². The summed E-state index contributed by atoms with van der Waals surface area (Å²) in [5.74, 6) is -0.0657. The predicted molar refractivity (Wildman–Crippen MR) is 83.1 cm³/mol. The van der Waals surface area contributed by atoms with Crippen molar-refractivity contribution < 1.29 is 13.2 Å². The normalized spacial score (nSPS) is 11.4. The number of thiol groups is 1. The van der Waals surface area contributed by atoms with E-state index in [0.717, 1.165) is 24.0 Å². The number of hydrogen-bond acceptors (Lipinski definition) is 3. The topological polar surface area (TPSA) is 51.2 Å². The van der Waals surface area contributed by atoms with Gasteiger partial charge in [0.15, 0.2) is 0 Å². The molecule has 1 aromatic carbocycles. The molecular weight excluding hydrogens is 296 g/mol. The molecule has 0 fully saturated rings. The number of benzene rings is 1. The number of hydrogen-bond donors (Lipinski definition) is 1. The Hall–Kier alpha value is -1.13. The van der Waals surface area contributed by atoms with Crippen LogP contribution >= 0.6 is 11.6 Å². The van der Waals surface area contributed by atoms with Crippen molar-refractivity contribution in [1.29, 1.82) is 0 Å². The van der Waals surface area contributed by atoms with E-state index in [1.54, 1.807) is 13.0 Å². The van der Waals surface area contributed by atoms with Gasteiger partial charge in [0.1, 0.15) is 10.7 Å². The van der Waals surface area contributed by atoms with Crippen LogP contribution in [0.3, 0.4) is 0 Å². The summed E-state index contributed by atoms with van der Waals surface area (Å²) >= 11 is 5.51. The first-order valence-corrected chi connectivity index (χ1v) is 8.28. The molecule has 3 nitrogen and oxygen atoms in total. The molecule has 20 heavy (non-hydrogen) atoms. The predicted octanol–water partition coefficient (Wildman–Crippen LogP) is 3.38. The number of carbonyl (C=O) groups excluding carboxylic acids is 1. The third-order valence-corrected chi connectivity index (χ3v) is 3.82. The lowest BCUT2D eigenvalue weighted by Gasteiger charge is -2.10. The Morgan fingerprint density at radius 2 is 1.95 bits per heavy atom. The van der Waals surface area contributed by atoms with Gasteiger partial charge in [-0.05, 0) is 54.1 Å². The molecule has 0 saturated carbocycles. The third-order valence-electron chi connectivity index (χ3n) is 3.02. The van der Waals surface area contributed by atoms with E-state index in [2.05, 4.69) is 13.0 Å². The molecule has 0 radical (unpaired) electrons. The van der Waals surface area contributed by atoms with E-state index >= 15 is 0 Å². The molecule has 0 aliphatic heterocycles. The molecule has 0 bridgehead atoms. The molecule has 0 unspecified atom stereocenters. The van der Waals surface area contributed by atoms with Crippen LogP contribution in [0.2, 0.25) is 0 Å². The molecule has 0 N–H and O–H groups in total. The summed E-state index contributed by atoms with van der Waals surface area (Å²) in [6.45, 7) is 3.90. The average Bonchev–Trinajstić information content (AvgIpc) is 2.36. The second-order valence-electron chi connectivity index (χ2n) is 4.66. The fraction of sp³-hybridized carbons (Fsp3) is 0.400. The van der Waals surface area contributed by atoms with Crippen LogP contribution in [0.1, 0.15) is 46.8 Å². The molecule has 0 amide bonds.